The van der Waals surface area contributed by atoms with Crippen LogP contribution in [0.4, 0.5) is 5.82 Å². The zero-order valence-corrected chi connectivity index (χ0v) is 11.1. The monoisotopic (exact) mass is 309 g/mol. The molecule has 3 aromatic rings. The molecule has 3 rings (SSSR count). The lowest BCUT2D eigenvalue weighted by Gasteiger charge is -2.05. The van der Waals surface area contributed by atoms with Gasteiger partial charge in [-0.25, -0.2) is 9.97 Å². The number of halogens is 1. The van der Waals surface area contributed by atoms with Gasteiger partial charge in [-0.05, 0) is 15.9 Å². The fourth-order valence-electron chi connectivity index (χ4n) is 1.52. The molecule has 0 radical (unpaired) electrons. The molecule has 7 heteroatoms. The summed E-state index contributed by atoms with van der Waals surface area (Å²) in [4.78, 5) is 13.8. The van der Waals surface area contributed by atoms with Gasteiger partial charge in [-0.2, -0.15) is 0 Å². The normalized spacial score (nSPS) is 10.9. The van der Waals surface area contributed by atoms with Gasteiger partial charge in [-0.15, -0.1) is 11.3 Å². The van der Waals surface area contributed by atoms with Gasteiger partial charge >= 0.3 is 0 Å². The molecule has 0 amide bonds. The summed E-state index contributed by atoms with van der Waals surface area (Å²) in [6, 6.07) is 0. The molecule has 0 bridgehead atoms. The summed E-state index contributed by atoms with van der Waals surface area (Å²) in [7, 11) is 0. The van der Waals surface area contributed by atoms with E-state index in [0.717, 1.165) is 20.9 Å². The summed E-state index contributed by atoms with van der Waals surface area (Å²) in [6.07, 6.45) is 7.36. The molecule has 0 spiro atoms. The number of fused-ring (bicyclic) bond motifs is 1. The number of aromatic nitrogens is 4. The van der Waals surface area contributed by atoms with E-state index in [4.69, 9.17) is 0 Å². The zero-order chi connectivity index (χ0) is 11.7. The molecule has 0 saturated carbocycles. The molecule has 5 nitrogen and oxygen atoms in total. The lowest BCUT2D eigenvalue weighted by atomic mass is 10.5. The number of rotatable bonds is 3. The van der Waals surface area contributed by atoms with Crippen LogP contribution in [0.3, 0.4) is 0 Å². The van der Waals surface area contributed by atoms with Gasteiger partial charge in [-0.1, -0.05) is 0 Å². The van der Waals surface area contributed by atoms with Crippen molar-refractivity contribution in [3.05, 3.63) is 39.8 Å². The van der Waals surface area contributed by atoms with Gasteiger partial charge in [0, 0.05) is 29.7 Å². The smallest absolute Gasteiger partial charge is 0.180 e. The SMILES string of the molecule is Brc1cn2ccnc2c(NCc2cncs2)n1. The van der Waals surface area contributed by atoms with Crippen molar-refractivity contribution in [1.82, 2.24) is 19.4 Å². The van der Waals surface area contributed by atoms with Gasteiger partial charge in [0.2, 0.25) is 0 Å². The predicted octanol–water partition coefficient (Wildman–Crippen LogP) is 2.56. The van der Waals surface area contributed by atoms with Crippen LogP contribution in [0.15, 0.2) is 34.9 Å². The number of imidazole rings is 1. The van der Waals surface area contributed by atoms with Gasteiger partial charge in [-0.3, -0.25) is 4.98 Å². The molecule has 0 unspecified atom stereocenters. The summed E-state index contributed by atoms with van der Waals surface area (Å²) < 4.78 is 2.70. The Labute approximate surface area is 110 Å². The Morgan fingerprint density at radius 1 is 1.47 bits per heavy atom. The number of anilines is 1. The third kappa shape index (κ3) is 2.16. The van der Waals surface area contributed by atoms with E-state index >= 15 is 0 Å². The molecule has 0 fully saturated rings. The third-order valence-corrected chi connectivity index (χ3v) is 3.42. The van der Waals surface area contributed by atoms with Gasteiger partial charge in [0.1, 0.15) is 4.60 Å². The largest absolute Gasteiger partial charge is 0.362 e. The first-order valence-corrected chi connectivity index (χ1v) is 6.60. The van der Waals surface area contributed by atoms with E-state index < -0.39 is 0 Å². The molecular formula is C10H8BrN5S. The average molecular weight is 310 g/mol. The van der Waals surface area contributed by atoms with Crippen LogP contribution in [0.1, 0.15) is 4.88 Å². The second-order valence-corrected chi connectivity index (χ2v) is 5.18. The van der Waals surface area contributed by atoms with Gasteiger partial charge < -0.3 is 9.72 Å². The van der Waals surface area contributed by atoms with Crippen molar-refractivity contribution in [1.29, 1.82) is 0 Å². The molecule has 3 heterocycles. The van der Waals surface area contributed by atoms with Crippen LogP contribution in [0.5, 0.6) is 0 Å². The van der Waals surface area contributed by atoms with E-state index in [1.165, 1.54) is 0 Å². The van der Waals surface area contributed by atoms with Crippen LogP contribution in [-0.2, 0) is 6.54 Å². The molecule has 0 saturated heterocycles. The number of hydrogen-bond donors (Lipinski definition) is 1. The number of hydrogen-bond acceptors (Lipinski definition) is 5. The van der Waals surface area contributed by atoms with E-state index in [1.807, 2.05) is 28.5 Å². The first-order chi connectivity index (χ1) is 8.33. The minimum absolute atomic E-state index is 0.705. The highest BCUT2D eigenvalue weighted by atomic mass is 79.9. The maximum atomic E-state index is 4.38. The van der Waals surface area contributed by atoms with E-state index in [0.29, 0.717) is 6.54 Å². The number of thiazole rings is 1. The zero-order valence-electron chi connectivity index (χ0n) is 8.67. The quantitative estimate of drug-likeness (QED) is 0.808. The van der Waals surface area contributed by atoms with E-state index in [9.17, 15) is 0 Å². The second-order valence-electron chi connectivity index (χ2n) is 3.39. The van der Waals surface area contributed by atoms with E-state index in [1.54, 1.807) is 17.5 Å². The highest BCUT2D eigenvalue weighted by molar-refractivity contribution is 9.10. The minimum atomic E-state index is 0.705. The predicted molar refractivity (Wildman–Crippen MR) is 70.1 cm³/mol. The summed E-state index contributed by atoms with van der Waals surface area (Å²) >= 11 is 4.99. The first-order valence-electron chi connectivity index (χ1n) is 4.93. The molecule has 0 aliphatic rings. The Bertz CT molecular complexity index is 633. The topological polar surface area (TPSA) is 55.1 Å². The molecule has 17 heavy (non-hydrogen) atoms. The van der Waals surface area contributed by atoms with E-state index in [-0.39, 0.29) is 0 Å². The molecule has 0 atom stereocenters. The fourth-order valence-corrected chi connectivity index (χ4v) is 2.45. The van der Waals surface area contributed by atoms with Crippen molar-refractivity contribution in [2.75, 3.05) is 5.32 Å². The van der Waals surface area contributed by atoms with Crippen molar-refractivity contribution in [2.24, 2.45) is 0 Å². The number of nitrogens with zero attached hydrogens (tertiary/aromatic N) is 4. The van der Waals surface area contributed by atoms with Crippen molar-refractivity contribution in [2.45, 2.75) is 6.54 Å². The minimum Gasteiger partial charge on any atom is -0.362 e. The fraction of sp³-hybridized carbons (Fsp3) is 0.100. The summed E-state index contributed by atoms with van der Waals surface area (Å²) in [5.74, 6) is 0.762. The summed E-state index contributed by atoms with van der Waals surface area (Å²) in [6.45, 7) is 0.705. The lowest BCUT2D eigenvalue weighted by molar-refractivity contribution is 1.06. The molecule has 3 aromatic heterocycles. The molecular weight excluding hydrogens is 302 g/mol. The van der Waals surface area contributed by atoms with Crippen molar-refractivity contribution < 1.29 is 0 Å². The Kier molecular flexibility index (Phi) is 2.77. The van der Waals surface area contributed by atoms with Gasteiger partial charge in [0.05, 0.1) is 12.1 Å². The van der Waals surface area contributed by atoms with Crippen molar-refractivity contribution in [3.8, 4) is 0 Å². The summed E-state index contributed by atoms with van der Waals surface area (Å²) in [5.41, 5.74) is 2.63. The van der Waals surface area contributed by atoms with Crippen LogP contribution in [-0.4, -0.2) is 19.4 Å². The van der Waals surface area contributed by atoms with Gasteiger partial charge in [0.15, 0.2) is 11.5 Å². The Morgan fingerprint density at radius 2 is 2.41 bits per heavy atom. The van der Waals surface area contributed by atoms with E-state index in [2.05, 4.69) is 36.2 Å². The molecule has 86 valence electrons. The molecule has 0 aliphatic heterocycles. The lowest BCUT2D eigenvalue weighted by Crippen LogP contribution is -2.03. The summed E-state index contributed by atoms with van der Waals surface area (Å²) in [5, 5.41) is 3.26. The standard InChI is InChI=1S/C10H8BrN5S/c11-8-5-16-2-1-13-10(16)9(15-8)14-4-7-3-12-6-17-7/h1-3,5-6H,4H2,(H,14,15). The van der Waals surface area contributed by atoms with Crippen LogP contribution in [0.25, 0.3) is 5.65 Å². The third-order valence-electron chi connectivity index (χ3n) is 2.26. The molecule has 0 aromatic carbocycles. The highest BCUT2D eigenvalue weighted by Gasteiger charge is 2.06. The average Bonchev–Trinajstić information content (AvgIpc) is 2.95. The van der Waals surface area contributed by atoms with Crippen LogP contribution < -0.4 is 5.32 Å². The maximum absolute atomic E-state index is 4.38. The van der Waals surface area contributed by atoms with Crippen LogP contribution >= 0.6 is 27.3 Å². The van der Waals surface area contributed by atoms with Crippen LogP contribution in [0, 0.1) is 0 Å². The highest BCUT2D eigenvalue weighted by Crippen LogP contribution is 2.18. The second kappa shape index (κ2) is 4.42. The van der Waals surface area contributed by atoms with Crippen molar-refractivity contribution >= 4 is 38.7 Å². The number of nitrogens with one attached hydrogen (secondary N) is 1. The Hall–Kier alpha value is -1.47. The molecule has 1 N–H and O–H groups in total. The van der Waals surface area contributed by atoms with Gasteiger partial charge in [0.25, 0.3) is 0 Å². The molecule has 0 aliphatic carbocycles. The first kappa shape index (κ1) is 10.7. The Balaban J connectivity index is 1.91. The van der Waals surface area contributed by atoms with Crippen molar-refractivity contribution in [3.63, 3.8) is 0 Å². The maximum Gasteiger partial charge on any atom is 0.180 e. The Morgan fingerprint density at radius 3 is 3.24 bits per heavy atom. The van der Waals surface area contributed by atoms with Crippen LogP contribution in [0.2, 0.25) is 0 Å².